The van der Waals surface area contributed by atoms with Crippen LogP contribution in [-0.2, 0) is 16.1 Å². The summed E-state index contributed by atoms with van der Waals surface area (Å²) in [6.45, 7) is 3.96. The zero-order chi connectivity index (χ0) is 24.8. The third kappa shape index (κ3) is 5.63. The average Bonchev–Trinajstić information content (AvgIpc) is 3.34. The van der Waals surface area contributed by atoms with Crippen molar-refractivity contribution in [3.05, 3.63) is 76.0 Å². The third-order valence-electron chi connectivity index (χ3n) is 5.49. The van der Waals surface area contributed by atoms with Gasteiger partial charge in [-0.2, -0.15) is 5.10 Å². The number of hydrogen-bond donors (Lipinski definition) is 1. The smallest absolute Gasteiger partial charge is 0.360 e. The van der Waals surface area contributed by atoms with E-state index in [1.807, 2.05) is 35.7 Å². The molecule has 0 saturated heterocycles. The number of nitrogens with one attached hydrogen (secondary N) is 1. The van der Waals surface area contributed by atoms with Gasteiger partial charge in [-0.3, -0.25) is 14.9 Å². The largest absolute Gasteiger partial charge is 0.448 e. The van der Waals surface area contributed by atoms with Gasteiger partial charge in [0.05, 0.1) is 11.1 Å². The van der Waals surface area contributed by atoms with E-state index in [0.717, 1.165) is 30.5 Å². The van der Waals surface area contributed by atoms with E-state index < -0.39 is 18.0 Å². The first-order chi connectivity index (χ1) is 17.0. The molecule has 8 nitrogen and oxygen atoms in total. The molecule has 1 unspecified atom stereocenters. The summed E-state index contributed by atoms with van der Waals surface area (Å²) < 4.78 is 6.74. The maximum atomic E-state index is 13.0. The SMILES string of the molecule is CCCCCn1nc(C(=O)OC(C)C(=O)Nc2nc(-c3ccccc3)cs2)c2ccccc2c1=O. The number of rotatable bonds is 9. The van der Waals surface area contributed by atoms with Crippen molar-refractivity contribution in [2.24, 2.45) is 0 Å². The summed E-state index contributed by atoms with van der Waals surface area (Å²) >= 11 is 1.29. The van der Waals surface area contributed by atoms with Crippen LogP contribution in [0.15, 0.2) is 64.8 Å². The van der Waals surface area contributed by atoms with Crippen molar-refractivity contribution in [3.8, 4) is 11.3 Å². The van der Waals surface area contributed by atoms with Gasteiger partial charge in [0.25, 0.3) is 11.5 Å². The third-order valence-corrected chi connectivity index (χ3v) is 6.25. The topological polar surface area (TPSA) is 103 Å². The molecular formula is C26H26N4O4S. The fraction of sp³-hybridized carbons (Fsp3) is 0.269. The minimum Gasteiger partial charge on any atom is -0.448 e. The van der Waals surface area contributed by atoms with E-state index in [2.05, 4.69) is 22.3 Å². The summed E-state index contributed by atoms with van der Waals surface area (Å²) in [5.74, 6) is -1.27. The fourth-order valence-corrected chi connectivity index (χ4v) is 4.32. The molecule has 0 aliphatic carbocycles. The standard InChI is InChI=1S/C26H26N4O4S/c1-3-4-10-15-30-24(32)20-14-9-8-13-19(20)22(29-30)25(33)34-17(2)23(31)28-26-27-21(16-35-26)18-11-6-5-7-12-18/h5-9,11-14,16-17H,3-4,10,15H2,1-2H3,(H,27,28,31). The molecule has 4 aromatic rings. The van der Waals surface area contributed by atoms with E-state index in [4.69, 9.17) is 4.74 Å². The summed E-state index contributed by atoms with van der Waals surface area (Å²) in [4.78, 5) is 42.9. The lowest BCUT2D eigenvalue weighted by atomic mass is 10.1. The van der Waals surface area contributed by atoms with Crippen LogP contribution in [0.5, 0.6) is 0 Å². The molecule has 2 aromatic carbocycles. The number of carbonyl (C=O) groups is 2. The number of hydrogen-bond acceptors (Lipinski definition) is 7. The van der Waals surface area contributed by atoms with E-state index in [-0.39, 0.29) is 11.3 Å². The summed E-state index contributed by atoms with van der Waals surface area (Å²) in [5, 5.41) is 10.0. The number of ether oxygens (including phenoxy) is 1. The van der Waals surface area contributed by atoms with E-state index in [1.165, 1.54) is 22.9 Å². The Morgan fingerprint density at radius 2 is 1.77 bits per heavy atom. The molecule has 0 radical (unpaired) electrons. The first kappa shape index (κ1) is 24.3. The van der Waals surface area contributed by atoms with Gasteiger partial charge in [0.1, 0.15) is 0 Å². The average molecular weight is 491 g/mol. The Morgan fingerprint density at radius 3 is 2.51 bits per heavy atom. The van der Waals surface area contributed by atoms with Crippen molar-refractivity contribution in [1.29, 1.82) is 0 Å². The maximum absolute atomic E-state index is 13.0. The molecule has 0 aliphatic heterocycles. The zero-order valence-electron chi connectivity index (χ0n) is 19.6. The number of aromatic nitrogens is 3. The molecule has 180 valence electrons. The maximum Gasteiger partial charge on any atom is 0.360 e. The second-order valence-electron chi connectivity index (χ2n) is 8.07. The van der Waals surface area contributed by atoms with Crippen molar-refractivity contribution in [1.82, 2.24) is 14.8 Å². The van der Waals surface area contributed by atoms with Gasteiger partial charge in [-0.05, 0) is 19.4 Å². The van der Waals surface area contributed by atoms with E-state index in [1.54, 1.807) is 24.3 Å². The first-order valence-corrected chi connectivity index (χ1v) is 12.4. The number of esters is 1. The zero-order valence-corrected chi connectivity index (χ0v) is 20.4. The highest BCUT2D eigenvalue weighted by molar-refractivity contribution is 7.14. The molecule has 0 saturated carbocycles. The van der Waals surface area contributed by atoms with Gasteiger partial charge in [0, 0.05) is 22.9 Å². The summed E-state index contributed by atoms with van der Waals surface area (Å²) in [6.07, 6.45) is 1.62. The molecule has 1 amide bonds. The van der Waals surface area contributed by atoms with Crippen LogP contribution in [0.2, 0.25) is 0 Å². The highest BCUT2D eigenvalue weighted by Crippen LogP contribution is 2.25. The van der Waals surface area contributed by atoms with Crippen LogP contribution in [0.4, 0.5) is 5.13 Å². The number of benzene rings is 2. The van der Waals surface area contributed by atoms with Crippen molar-refractivity contribution >= 4 is 39.1 Å². The highest BCUT2D eigenvalue weighted by atomic mass is 32.1. The van der Waals surface area contributed by atoms with Crippen LogP contribution in [0, 0.1) is 0 Å². The van der Waals surface area contributed by atoms with Gasteiger partial charge in [-0.1, -0.05) is 68.3 Å². The van der Waals surface area contributed by atoms with Crippen molar-refractivity contribution < 1.29 is 14.3 Å². The summed E-state index contributed by atoms with van der Waals surface area (Å²) in [5.41, 5.74) is 1.45. The Morgan fingerprint density at radius 1 is 1.06 bits per heavy atom. The number of unbranched alkanes of at least 4 members (excludes halogenated alkanes) is 2. The number of aryl methyl sites for hydroxylation is 1. The van der Waals surface area contributed by atoms with Gasteiger partial charge in [-0.15, -0.1) is 11.3 Å². The van der Waals surface area contributed by atoms with Crippen LogP contribution < -0.4 is 10.9 Å². The van der Waals surface area contributed by atoms with Crippen LogP contribution in [0.3, 0.4) is 0 Å². The molecule has 35 heavy (non-hydrogen) atoms. The molecule has 0 bridgehead atoms. The van der Waals surface area contributed by atoms with Crippen molar-refractivity contribution in [2.45, 2.75) is 45.8 Å². The number of amides is 1. The molecule has 9 heteroatoms. The second kappa shape index (κ2) is 11.1. The van der Waals surface area contributed by atoms with Crippen LogP contribution >= 0.6 is 11.3 Å². The van der Waals surface area contributed by atoms with Gasteiger partial charge in [0.15, 0.2) is 16.9 Å². The lowest BCUT2D eigenvalue weighted by Crippen LogP contribution is -2.32. The lowest BCUT2D eigenvalue weighted by molar-refractivity contribution is -0.123. The molecule has 0 aliphatic rings. The van der Waals surface area contributed by atoms with Gasteiger partial charge >= 0.3 is 5.97 Å². The molecule has 4 rings (SSSR count). The monoisotopic (exact) mass is 490 g/mol. The van der Waals surface area contributed by atoms with E-state index in [0.29, 0.717) is 22.4 Å². The minimum absolute atomic E-state index is 0.0111. The van der Waals surface area contributed by atoms with Gasteiger partial charge in [-0.25, -0.2) is 14.5 Å². The second-order valence-corrected chi connectivity index (χ2v) is 8.93. The molecule has 0 fully saturated rings. The molecule has 2 aromatic heterocycles. The number of nitrogens with zero attached hydrogens (tertiary/aromatic N) is 3. The highest BCUT2D eigenvalue weighted by Gasteiger charge is 2.24. The van der Waals surface area contributed by atoms with E-state index in [9.17, 15) is 14.4 Å². The fourth-order valence-electron chi connectivity index (χ4n) is 3.60. The van der Waals surface area contributed by atoms with Crippen LogP contribution in [0.25, 0.3) is 22.0 Å². The number of fused-ring (bicyclic) bond motifs is 1. The van der Waals surface area contributed by atoms with Gasteiger partial charge < -0.3 is 4.74 Å². The minimum atomic E-state index is -1.09. The molecule has 1 atom stereocenters. The summed E-state index contributed by atoms with van der Waals surface area (Å²) in [7, 11) is 0. The Labute approximate surface area is 206 Å². The Kier molecular flexibility index (Phi) is 7.67. The quantitative estimate of drug-likeness (QED) is 0.265. The Bertz CT molecular complexity index is 1400. The van der Waals surface area contributed by atoms with Crippen LogP contribution in [0.1, 0.15) is 43.6 Å². The predicted octanol–water partition coefficient (Wildman–Crippen LogP) is 4.89. The van der Waals surface area contributed by atoms with Crippen molar-refractivity contribution in [2.75, 3.05) is 5.32 Å². The lowest BCUT2D eigenvalue weighted by Gasteiger charge is -2.14. The Balaban J connectivity index is 1.49. The first-order valence-electron chi connectivity index (χ1n) is 11.5. The molecular weight excluding hydrogens is 464 g/mol. The Hall–Kier alpha value is -3.85. The molecule has 1 N–H and O–H groups in total. The number of anilines is 1. The molecule has 0 spiro atoms. The molecule has 2 heterocycles. The van der Waals surface area contributed by atoms with Crippen molar-refractivity contribution in [3.63, 3.8) is 0 Å². The summed E-state index contributed by atoms with van der Waals surface area (Å²) in [6, 6.07) is 16.4. The number of carbonyl (C=O) groups excluding carboxylic acids is 2. The van der Waals surface area contributed by atoms with Gasteiger partial charge in [0.2, 0.25) is 0 Å². The predicted molar refractivity (Wildman–Crippen MR) is 137 cm³/mol. The number of thiazole rings is 1. The normalized spacial score (nSPS) is 11.8. The van der Waals surface area contributed by atoms with Crippen LogP contribution in [-0.4, -0.2) is 32.7 Å². The van der Waals surface area contributed by atoms with E-state index >= 15 is 0 Å².